The van der Waals surface area contributed by atoms with Crippen LogP contribution < -0.4 is 4.74 Å². The zero-order valence-electron chi connectivity index (χ0n) is 10.8. The van der Waals surface area contributed by atoms with Crippen molar-refractivity contribution in [2.75, 3.05) is 0 Å². The third-order valence-corrected chi connectivity index (χ3v) is 2.85. The first-order valence-electron chi connectivity index (χ1n) is 6.07. The first kappa shape index (κ1) is 15.2. The van der Waals surface area contributed by atoms with Gasteiger partial charge in [0.25, 0.3) is 0 Å². The largest absolute Gasteiger partial charge is 0.435 e. The van der Waals surface area contributed by atoms with Crippen molar-refractivity contribution in [3.63, 3.8) is 0 Å². The van der Waals surface area contributed by atoms with Crippen molar-refractivity contribution in [3.05, 3.63) is 70.8 Å². The van der Waals surface area contributed by atoms with Crippen molar-refractivity contribution >= 4 is 23.5 Å². The molecule has 2 nitrogen and oxygen atoms in total. The Bertz CT molecular complexity index is 669. The summed E-state index contributed by atoms with van der Waals surface area (Å²) in [6.45, 7) is -2.92. The molecule has 0 saturated carbocycles. The van der Waals surface area contributed by atoms with E-state index in [0.29, 0.717) is 5.02 Å². The van der Waals surface area contributed by atoms with Gasteiger partial charge in [0, 0.05) is 10.6 Å². The Morgan fingerprint density at radius 1 is 1.14 bits per heavy atom. The summed E-state index contributed by atoms with van der Waals surface area (Å²) in [5, 5.41) is 0.567. The Labute approximate surface area is 125 Å². The highest BCUT2D eigenvalue weighted by Crippen LogP contribution is 2.17. The maximum absolute atomic E-state index is 12.1. The molecule has 0 radical (unpaired) electrons. The predicted molar refractivity (Wildman–Crippen MR) is 77.9 cm³/mol. The summed E-state index contributed by atoms with van der Waals surface area (Å²) in [5.74, 6) is -0.360. The summed E-state index contributed by atoms with van der Waals surface area (Å²) in [7, 11) is 0. The Kier molecular flexibility index (Phi) is 5.06. The van der Waals surface area contributed by atoms with E-state index in [1.165, 1.54) is 30.3 Å². The minimum Gasteiger partial charge on any atom is -0.435 e. The molecule has 2 aromatic rings. The third-order valence-electron chi connectivity index (χ3n) is 2.62. The molecule has 0 unspecified atom stereocenters. The van der Waals surface area contributed by atoms with Crippen LogP contribution in [0.5, 0.6) is 5.75 Å². The van der Waals surface area contributed by atoms with Gasteiger partial charge in [0.2, 0.25) is 0 Å². The molecular weight excluding hydrogens is 298 g/mol. The molecule has 0 fully saturated rings. The summed E-state index contributed by atoms with van der Waals surface area (Å²) in [6.07, 6.45) is 2.96. The normalized spacial score (nSPS) is 11.0. The molecule has 2 aromatic carbocycles. The van der Waals surface area contributed by atoms with Crippen molar-refractivity contribution < 1.29 is 18.3 Å². The number of allylic oxidation sites excluding steroid dienone is 1. The molecule has 0 amide bonds. The molecule has 0 aliphatic rings. The van der Waals surface area contributed by atoms with Crippen LogP contribution in [0.25, 0.3) is 6.08 Å². The lowest BCUT2D eigenvalue weighted by Crippen LogP contribution is -2.03. The van der Waals surface area contributed by atoms with E-state index in [2.05, 4.69) is 4.74 Å². The van der Waals surface area contributed by atoms with Gasteiger partial charge in [-0.1, -0.05) is 41.9 Å². The average Bonchev–Trinajstić information content (AvgIpc) is 2.44. The molecule has 0 atom stereocenters. The number of halogens is 3. The second-order valence-electron chi connectivity index (χ2n) is 4.16. The Hall–Kier alpha value is -2.20. The number of ketones is 1. The highest BCUT2D eigenvalue weighted by molar-refractivity contribution is 6.30. The summed E-state index contributed by atoms with van der Waals surface area (Å²) >= 11 is 5.84. The fourth-order valence-corrected chi connectivity index (χ4v) is 1.90. The Morgan fingerprint density at radius 2 is 1.90 bits per heavy atom. The quantitative estimate of drug-likeness (QED) is 0.583. The topological polar surface area (TPSA) is 26.3 Å². The smallest absolute Gasteiger partial charge is 0.387 e. The molecule has 0 saturated heterocycles. The van der Waals surface area contributed by atoms with E-state index < -0.39 is 6.61 Å². The zero-order chi connectivity index (χ0) is 15.2. The van der Waals surface area contributed by atoms with Crippen LogP contribution in [0.4, 0.5) is 8.78 Å². The van der Waals surface area contributed by atoms with Crippen molar-refractivity contribution in [1.82, 2.24) is 0 Å². The van der Waals surface area contributed by atoms with Gasteiger partial charge < -0.3 is 4.74 Å². The van der Waals surface area contributed by atoms with Gasteiger partial charge >= 0.3 is 6.61 Å². The summed E-state index contributed by atoms with van der Waals surface area (Å²) < 4.78 is 28.5. The summed E-state index contributed by atoms with van der Waals surface area (Å²) in [5.41, 5.74) is 1.04. The monoisotopic (exact) mass is 308 g/mol. The average molecular weight is 309 g/mol. The van der Waals surface area contributed by atoms with Gasteiger partial charge in [-0.2, -0.15) is 8.78 Å². The molecule has 0 bridgehead atoms. The lowest BCUT2D eigenvalue weighted by molar-refractivity contribution is -0.0498. The number of carbonyl (C=O) groups excluding carboxylic acids is 1. The van der Waals surface area contributed by atoms with Gasteiger partial charge in [-0.3, -0.25) is 4.79 Å². The van der Waals surface area contributed by atoms with Crippen LogP contribution in [0.2, 0.25) is 5.02 Å². The molecule has 108 valence electrons. The number of hydrogen-bond donors (Lipinski definition) is 0. The highest BCUT2D eigenvalue weighted by Gasteiger charge is 2.07. The number of ether oxygens (including phenoxy) is 1. The third kappa shape index (κ3) is 4.68. The van der Waals surface area contributed by atoms with Crippen LogP contribution in [-0.4, -0.2) is 12.4 Å². The van der Waals surface area contributed by atoms with E-state index in [1.54, 1.807) is 30.3 Å². The van der Waals surface area contributed by atoms with E-state index >= 15 is 0 Å². The van der Waals surface area contributed by atoms with Gasteiger partial charge in [-0.15, -0.1) is 0 Å². The van der Waals surface area contributed by atoms with Crippen LogP contribution in [0.3, 0.4) is 0 Å². The molecule has 0 aromatic heterocycles. The Balaban J connectivity index is 2.13. The van der Waals surface area contributed by atoms with E-state index in [9.17, 15) is 13.6 Å². The van der Waals surface area contributed by atoms with Crippen LogP contribution in [0.15, 0.2) is 54.6 Å². The lowest BCUT2D eigenvalue weighted by Gasteiger charge is -2.04. The maximum atomic E-state index is 12.1. The molecule has 2 rings (SSSR count). The number of rotatable bonds is 5. The minimum absolute atomic E-state index is 0.0491. The molecule has 0 aliphatic heterocycles. The van der Waals surface area contributed by atoms with Gasteiger partial charge in [0.15, 0.2) is 5.78 Å². The van der Waals surface area contributed by atoms with Gasteiger partial charge in [0.1, 0.15) is 5.75 Å². The zero-order valence-corrected chi connectivity index (χ0v) is 11.6. The summed E-state index contributed by atoms with van der Waals surface area (Å²) in [4.78, 5) is 12.0. The standard InChI is InChI=1S/C16H11ClF2O2/c17-13-5-1-3-11(9-13)7-8-15(20)12-4-2-6-14(10-12)21-16(18)19/h1-10,16H/b8-7+. The molecule has 21 heavy (non-hydrogen) atoms. The first-order chi connectivity index (χ1) is 10.0. The first-order valence-corrected chi connectivity index (χ1v) is 6.45. The van der Waals surface area contributed by atoms with E-state index in [1.807, 2.05) is 0 Å². The molecule has 5 heteroatoms. The van der Waals surface area contributed by atoms with Crippen LogP contribution in [-0.2, 0) is 0 Å². The number of hydrogen-bond acceptors (Lipinski definition) is 2. The van der Waals surface area contributed by atoms with Crippen LogP contribution in [0.1, 0.15) is 15.9 Å². The molecule has 0 aliphatic carbocycles. The predicted octanol–water partition coefficient (Wildman–Crippen LogP) is 4.84. The van der Waals surface area contributed by atoms with Crippen molar-refractivity contribution in [3.8, 4) is 5.75 Å². The van der Waals surface area contributed by atoms with Crippen LogP contribution >= 0.6 is 11.6 Å². The molecule has 0 N–H and O–H groups in total. The van der Waals surface area contributed by atoms with Crippen LogP contribution in [0, 0.1) is 0 Å². The van der Waals surface area contributed by atoms with Gasteiger partial charge in [-0.25, -0.2) is 0 Å². The van der Waals surface area contributed by atoms with Crippen molar-refractivity contribution in [2.45, 2.75) is 6.61 Å². The van der Waals surface area contributed by atoms with E-state index in [-0.39, 0.29) is 17.1 Å². The van der Waals surface area contributed by atoms with Crippen molar-refractivity contribution in [1.29, 1.82) is 0 Å². The number of carbonyl (C=O) groups is 1. The van der Waals surface area contributed by atoms with Gasteiger partial charge in [0.05, 0.1) is 0 Å². The highest BCUT2D eigenvalue weighted by atomic mass is 35.5. The maximum Gasteiger partial charge on any atom is 0.387 e. The SMILES string of the molecule is O=C(/C=C/c1cccc(Cl)c1)c1cccc(OC(F)F)c1. The van der Waals surface area contributed by atoms with Crippen molar-refractivity contribution in [2.24, 2.45) is 0 Å². The fourth-order valence-electron chi connectivity index (χ4n) is 1.70. The lowest BCUT2D eigenvalue weighted by atomic mass is 10.1. The van der Waals surface area contributed by atoms with E-state index in [0.717, 1.165) is 5.56 Å². The number of benzene rings is 2. The fraction of sp³-hybridized carbons (Fsp3) is 0.0625. The van der Waals surface area contributed by atoms with Gasteiger partial charge in [-0.05, 0) is 35.9 Å². The molecular formula is C16H11ClF2O2. The summed E-state index contributed by atoms with van der Waals surface area (Å²) in [6, 6.07) is 12.7. The number of alkyl halides is 2. The second kappa shape index (κ2) is 6.99. The minimum atomic E-state index is -2.92. The molecule has 0 spiro atoms. The molecule has 0 heterocycles. The van der Waals surface area contributed by atoms with E-state index in [4.69, 9.17) is 11.6 Å². The second-order valence-corrected chi connectivity index (χ2v) is 4.60. The Morgan fingerprint density at radius 3 is 2.62 bits per heavy atom.